The quantitative estimate of drug-likeness (QED) is 0.669. The maximum Gasteiger partial charge on any atom is 0.123 e. The van der Waals surface area contributed by atoms with Gasteiger partial charge in [0.15, 0.2) is 0 Å². The molecule has 1 rings (SSSR count). The normalized spacial score (nSPS) is 11.6. The molecule has 114 valence electrons. The van der Waals surface area contributed by atoms with Crippen molar-refractivity contribution in [2.24, 2.45) is 0 Å². The predicted octanol–water partition coefficient (Wildman–Crippen LogP) is 2.62. The lowest BCUT2D eigenvalue weighted by atomic mass is 10.1. The topological polar surface area (TPSA) is 39.7 Å². The van der Waals surface area contributed by atoms with Crippen molar-refractivity contribution in [1.82, 2.24) is 5.32 Å². The van der Waals surface area contributed by atoms with Gasteiger partial charge in [0.2, 0.25) is 0 Å². The molecule has 1 aromatic carbocycles. The molecule has 0 unspecified atom stereocenters. The summed E-state index contributed by atoms with van der Waals surface area (Å²) in [6, 6.07) is 8.05. The summed E-state index contributed by atoms with van der Waals surface area (Å²) in [5.74, 6) is 0.919. The number of hydrogen-bond donors (Lipinski definition) is 1. The summed E-state index contributed by atoms with van der Waals surface area (Å²) in [5.41, 5.74) is 1.04. The Bertz CT molecular complexity index is 380. The largest absolute Gasteiger partial charge is 0.491 e. The number of para-hydroxylation sites is 1. The Morgan fingerprint density at radius 2 is 1.85 bits per heavy atom. The van der Waals surface area contributed by atoms with E-state index in [0.29, 0.717) is 19.8 Å². The minimum atomic E-state index is -0.125. The van der Waals surface area contributed by atoms with Crippen LogP contribution in [0.4, 0.5) is 0 Å². The van der Waals surface area contributed by atoms with E-state index in [0.717, 1.165) is 24.3 Å². The molecule has 4 nitrogen and oxygen atoms in total. The van der Waals surface area contributed by atoms with Crippen molar-refractivity contribution < 1.29 is 14.2 Å². The van der Waals surface area contributed by atoms with Gasteiger partial charge in [-0.1, -0.05) is 18.2 Å². The van der Waals surface area contributed by atoms with Crippen molar-refractivity contribution in [2.75, 3.05) is 34.0 Å². The van der Waals surface area contributed by atoms with E-state index in [9.17, 15) is 0 Å². The van der Waals surface area contributed by atoms with Gasteiger partial charge in [0.05, 0.1) is 12.2 Å². The van der Waals surface area contributed by atoms with Crippen molar-refractivity contribution in [3.05, 3.63) is 29.8 Å². The summed E-state index contributed by atoms with van der Waals surface area (Å²) >= 11 is 0. The SMILES string of the molecule is CNCc1ccccc1OCCOCCC(C)(C)OC. The number of rotatable bonds is 10. The molecule has 0 aliphatic rings. The van der Waals surface area contributed by atoms with Crippen LogP contribution in [0.5, 0.6) is 5.75 Å². The van der Waals surface area contributed by atoms with Crippen molar-refractivity contribution in [3.63, 3.8) is 0 Å². The number of nitrogens with one attached hydrogen (secondary N) is 1. The fourth-order valence-electron chi connectivity index (χ4n) is 1.71. The van der Waals surface area contributed by atoms with Gasteiger partial charge in [-0.05, 0) is 33.4 Å². The van der Waals surface area contributed by atoms with Gasteiger partial charge in [-0.3, -0.25) is 0 Å². The van der Waals surface area contributed by atoms with Gasteiger partial charge in [0, 0.05) is 25.8 Å². The second kappa shape index (κ2) is 8.95. The third-order valence-corrected chi connectivity index (χ3v) is 3.23. The Kier molecular flexibility index (Phi) is 7.59. The highest BCUT2D eigenvalue weighted by Crippen LogP contribution is 2.17. The van der Waals surface area contributed by atoms with Crippen LogP contribution in [0.15, 0.2) is 24.3 Å². The van der Waals surface area contributed by atoms with Crippen LogP contribution in [0, 0.1) is 0 Å². The minimum Gasteiger partial charge on any atom is -0.491 e. The van der Waals surface area contributed by atoms with E-state index >= 15 is 0 Å². The summed E-state index contributed by atoms with van der Waals surface area (Å²) in [6.45, 7) is 6.75. The lowest BCUT2D eigenvalue weighted by Crippen LogP contribution is -2.25. The van der Waals surface area contributed by atoms with E-state index in [-0.39, 0.29) is 5.60 Å². The Hall–Kier alpha value is -1.10. The number of ether oxygens (including phenoxy) is 3. The maximum absolute atomic E-state index is 5.75. The number of benzene rings is 1. The van der Waals surface area contributed by atoms with E-state index in [2.05, 4.69) is 25.2 Å². The smallest absolute Gasteiger partial charge is 0.123 e. The molecule has 0 aliphatic carbocycles. The Balaban J connectivity index is 2.21. The van der Waals surface area contributed by atoms with Gasteiger partial charge in [-0.2, -0.15) is 0 Å². The van der Waals surface area contributed by atoms with E-state index in [1.807, 2.05) is 25.2 Å². The molecule has 1 N–H and O–H groups in total. The maximum atomic E-state index is 5.75. The first-order chi connectivity index (χ1) is 9.59. The van der Waals surface area contributed by atoms with Gasteiger partial charge in [0.1, 0.15) is 12.4 Å². The zero-order valence-electron chi connectivity index (χ0n) is 13.1. The van der Waals surface area contributed by atoms with E-state index < -0.39 is 0 Å². The second-order valence-corrected chi connectivity index (χ2v) is 5.31. The van der Waals surface area contributed by atoms with Crippen LogP contribution < -0.4 is 10.1 Å². The Morgan fingerprint density at radius 1 is 1.10 bits per heavy atom. The van der Waals surface area contributed by atoms with Crippen LogP contribution in [-0.2, 0) is 16.0 Å². The summed E-state index contributed by atoms with van der Waals surface area (Å²) in [7, 11) is 3.65. The van der Waals surface area contributed by atoms with Crippen LogP contribution in [0.2, 0.25) is 0 Å². The Labute approximate surface area is 122 Å². The molecule has 4 heteroatoms. The summed E-state index contributed by atoms with van der Waals surface area (Å²) in [6.07, 6.45) is 0.875. The molecule has 0 saturated heterocycles. The van der Waals surface area contributed by atoms with Crippen LogP contribution in [0.3, 0.4) is 0 Å². The molecule has 0 heterocycles. The van der Waals surface area contributed by atoms with Gasteiger partial charge in [-0.15, -0.1) is 0 Å². The van der Waals surface area contributed by atoms with Crippen LogP contribution in [-0.4, -0.2) is 39.6 Å². The van der Waals surface area contributed by atoms with Gasteiger partial charge >= 0.3 is 0 Å². The molecule has 0 aromatic heterocycles. The fourth-order valence-corrected chi connectivity index (χ4v) is 1.71. The molecule has 0 fully saturated rings. The monoisotopic (exact) mass is 281 g/mol. The standard InChI is InChI=1S/C16H27NO3/c1-16(2,18-4)9-10-19-11-12-20-15-8-6-5-7-14(15)13-17-3/h5-8,17H,9-13H2,1-4H3. The molecule has 0 atom stereocenters. The van der Waals surface area contributed by atoms with Gasteiger partial charge in [-0.25, -0.2) is 0 Å². The highest BCUT2D eigenvalue weighted by Gasteiger charge is 2.15. The fraction of sp³-hybridized carbons (Fsp3) is 0.625. The van der Waals surface area contributed by atoms with Crippen molar-refractivity contribution in [1.29, 1.82) is 0 Å². The summed E-state index contributed by atoms with van der Waals surface area (Å²) < 4.78 is 16.7. The molecule has 0 bridgehead atoms. The third-order valence-electron chi connectivity index (χ3n) is 3.23. The second-order valence-electron chi connectivity index (χ2n) is 5.31. The van der Waals surface area contributed by atoms with Crippen LogP contribution >= 0.6 is 0 Å². The lowest BCUT2D eigenvalue weighted by molar-refractivity contribution is -0.0128. The minimum absolute atomic E-state index is 0.125. The molecule has 0 aliphatic heterocycles. The number of methoxy groups -OCH3 is 1. The summed E-state index contributed by atoms with van der Waals surface area (Å²) in [5, 5.41) is 3.13. The zero-order valence-corrected chi connectivity index (χ0v) is 13.1. The third kappa shape index (κ3) is 6.37. The molecule has 1 aromatic rings. The molecular formula is C16H27NO3. The molecule has 0 amide bonds. The predicted molar refractivity (Wildman–Crippen MR) is 81.2 cm³/mol. The van der Waals surface area contributed by atoms with Crippen LogP contribution in [0.25, 0.3) is 0 Å². The van der Waals surface area contributed by atoms with Crippen molar-refractivity contribution >= 4 is 0 Å². The first-order valence-corrected chi connectivity index (χ1v) is 7.07. The molecular weight excluding hydrogens is 254 g/mol. The van der Waals surface area contributed by atoms with E-state index in [4.69, 9.17) is 14.2 Å². The highest BCUT2D eigenvalue weighted by molar-refractivity contribution is 5.33. The average molecular weight is 281 g/mol. The first kappa shape index (κ1) is 17.0. The average Bonchev–Trinajstić information content (AvgIpc) is 2.44. The van der Waals surface area contributed by atoms with E-state index in [1.165, 1.54) is 0 Å². The lowest BCUT2D eigenvalue weighted by Gasteiger charge is -2.22. The molecule has 0 spiro atoms. The Morgan fingerprint density at radius 3 is 2.55 bits per heavy atom. The summed E-state index contributed by atoms with van der Waals surface area (Å²) in [4.78, 5) is 0. The van der Waals surface area contributed by atoms with Gasteiger partial charge < -0.3 is 19.5 Å². The van der Waals surface area contributed by atoms with Crippen molar-refractivity contribution in [3.8, 4) is 5.75 Å². The molecule has 0 radical (unpaired) electrons. The van der Waals surface area contributed by atoms with Crippen molar-refractivity contribution in [2.45, 2.75) is 32.4 Å². The molecule has 20 heavy (non-hydrogen) atoms. The first-order valence-electron chi connectivity index (χ1n) is 7.07. The number of hydrogen-bond acceptors (Lipinski definition) is 4. The van der Waals surface area contributed by atoms with Crippen LogP contribution in [0.1, 0.15) is 25.8 Å². The van der Waals surface area contributed by atoms with E-state index in [1.54, 1.807) is 7.11 Å². The zero-order chi connectivity index (χ0) is 14.8. The highest BCUT2D eigenvalue weighted by atomic mass is 16.5. The van der Waals surface area contributed by atoms with Gasteiger partial charge in [0.25, 0.3) is 0 Å². The molecule has 0 saturated carbocycles.